The first kappa shape index (κ1) is 12.5. The van der Waals surface area contributed by atoms with E-state index in [4.69, 9.17) is 9.47 Å². The lowest BCUT2D eigenvalue weighted by Crippen LogP contribution is -2.45. The molecule has 2 unspecified atom stereocenters. The van der Waals surface area contributed by atoms with Gasteiger partial charge in [-0.2, -0.15) is 0 Å². The highest BCUT2D eigenvalue weighted by atomic mass is 32.1. The van der Waals surface area contributed by atoms with E-state index in [0.29, 0.717) is 0 Å². The van der Waals surface area contributed by atoms with Gasteiger partial charge < -0.3 is 14.6 Å². The van der Waals surface area contributed by atoms with Crippen LogP contribution in [0.1, 0.15) is 36.7 Å². The molecule has 18 heavy (non-hydrogen) atoms. The molecule has 1 N–H and O–H groups in total. The first-order chi connectivity index (χ1) is 8.79. The lowest BCUT2D eigenvalue weighted by atomic mass is 9.78. The molecule has 3 rings (SSSR count). The minimum atomic E-state index is -0.388. The van der Waals surface area contributed by atoms with Crippen molar-refractivity contribution in [1.29, 1.82) is 0 Å². The molecule has 2 aliphatic heterocycles. The van der Waals surface area contributed by atoms with Crippen molar-refractivity contribution in [3.05, 3.63) is 16.6 Å². The number of thiazole rings is 1. The number of aliphatic hydroxyl groups is 1. The highest BCUT2D eigenvalue weighted by Crippen LogP contribution is 2.42. The zero-order chi connectivity index (χ0) is 12.4. The van der Waals surface area contributed by atoms with Gasteiger partial charge in [-0.25, -0.2) is 0 Å². The maximum absolute atomic E-state index is 10.4. The summed E-state index contributed by atoms with van der Waals surface area (Å²) in [6, 6.07) is 0. The van der Waals surface area contributed by atoms with E-state index in [1.807, 2.05) is 0 Å². The van der Waals surface area contributed by atoms with Gasteiger partial charge in [0, 0.05) is 26.0 Å². The summed E-state index contributed by atoms with van der Waals surface area (Å²) >= 11 is 1.53. The van der Waals surface area contributed by atoms with Gasteiger partial charge in [-0.1, -0.05) is 0 Å². The Morgan fingerprint density at radius 3 is 2.94 bits per heavy atom. The summed E-state index contributed by atoms with van der Waals surface area (Å²) in [6.07, 6.45) is 5.18. The van der Waals surface area contributed by atoms with Crippen molar-refractivity contribution in [1.82, 2.24) is 4.98 Å². The monoisotopic (exact) mass is 269 g/mol. The Labute approximate surface area is 111 Å². The van der Waals surface area contributed by atoms with Gasteiger partial charge in [-0.15, -0.1) is 11.3 Å². The van der Waals surface area contributed by atoms with Gasteiger partial charge in [0.25, 0.3) is 0 Å². The molecule has 1 aromatic heterocycles. The van der Waals surface area contributed by atoms with Crippen LogP contribution in [0.4, 0.5) is 0 Å². The molecule has 1 aromatic rings. The molecule has 0 amide bonds. The molecule has 2 saturated heterocycles. The second-order valence-electron chi connectivity index (χ2n) is 5.25. The van der Waals surface area contributed by atoms with Crippen LogP contribution in [0.25, 0.3) is 0 Å². The molecule has 0 saturated carbocycles. The Morgan fingerprint density at radius 1 is 1.39 bits per heavy atom. The zero-order valence-electron chi connectivity index (χ0n) is 10.4. The highest BCUT2D eigenvalue weighted by molar-refractivity contribution is 7.09. The van der Waals surface area contributed by atoms with E-state index in [-0.39, 0.29) is 17.6 Å². The van der Waals surface area contributed by atoms with Gasteiger partial charge in [0.1, 0.15) is 0 Å². The molecule has 5 heteroatoms. The number of ether oxygens (including phenoxy) is 2. The van der Waals surface area contributed by atoms with Gasteiger partial charge >= 0.3 is 0 Å². The van der Waals surface area contributed by atoms with Crippen LogP contribution in [0, 0.1) is 5.92 Å². The molecule has 0 aromatic carbocycles. The topological polar surface area (TPSA) is 51.6 Å². The number of hydrogen-bond acceptors (Lipinski definition) is 5. The summed E-state index contributed by atoms with van der Waals surface area (Å²) in [4.78, 5) is 5.03. The second-order valence-corrected chi connectivity index (χ2v) is 6.16. The fourth-order valence-corrected chi connectivity index (χ4v) is 3.73. The summed E-state index contributed by atoms with van der Waals surface area (Å²) in [5.41, 5.74) is 1.73. The summed E-state index contributed by atoms with van der Waals surface area (Å²) in [5, 5.41) is 10.4. The van der Waals surface area contributed by atoms with Crippen LogP contribution in [-0.4, -0.2) is 35.5 Å². The quantitative estimate of drug-likeness (QED) is 0.894. The Balaban J connectivity index is 1.70. The molecule has 2 fully saturated rings. The highest BCUT2D eigenvalue weighted by Gasteiger charge is 2.41. The predicted octanol–water partition coefficient (Wildman–Crippen LogP) is 2.15. The Kier molecular flexibility index (Phi) is 3.66. The number of hydrogen-bond donors (Lipinski definition) is 1. The number of rotatable bonds is 2. The van der Waals surface area contributed by atoms with Crippen LogP contribution >= 0.6 is 11.3 Å². The van der Waals surface area contributed by atoms with Crippen LogP contribution in [0.3, 0.4) is 0 Å². The van der Waals surface area contributed by atoms with Crippen LogP contribution in [0.15, 0.2) is 11.7 Å². The van der Waals surface area contributed by atoms with Crippen molar-refractivity contribution < 1.29 is 14.6 Å². The fraction of sp³-hybridized carbons (Fsp3) is 0.769. The van der Waals surface area contributed by atoms with Crippen LogP contribution in [-0.2, 0) is 9.47 Å². The molecule has 1 spiro atoms. The minimum Gasteiger partial charge on any atom is -0.387 e. The lowest BCUT2D eigenvalue weighted by molar-refractivity contribution is -0.158. The standard InChI is InChI=1S/C13H19NO3S/c15-12(11-8-14-9-18-11)10-1-4-17-13(7-10)2-5-16-6-3-13/h8-10,12,15H,1-7H2. The molecule has 2 aliphatic rings. The number of aromatic nitrogens is 1. The second kappa shape index (κ2) is 5.25. The lowest BCUT2D eigenvalue weighted by Gasteiger charge is -2.44. The van der Waals surface area contributed by atoms with E-state index in [9.17, 15) is 5.11 Å². The molecule has 0 bridgehead atoms. The normalized spacial score (nSPS) is 29.3. The van der Waals surface area contributed by atoms with E-state index in [1.54, 1.807) is 11.7 Å². The van der Waals surface area contributed by atoms with Crippen molar-refractivity contribution in [2.24, 2.45) is 5.92 Å². The molecule has 4 nitrogen and oxygen atoms in total. The average Bonchev–Trinajstić information content (AvgIpc) is 2.93. The van der Waals surface area contributed by atoms with E-state index < -0.39 is 0 Å². The average molecular weight is 269 g/mol. The maximum atomic E-state index is 10.4. The summed E-state index contributed by atoms with van der Waals surface area (Å²) < 4.78 is 11.4. The van der Waals surface area contributed by atoms with Crippen molar-refractivity contribution in [3.63, 3.8) is 0 Å². The smallest absolute Gasteiger partial charge is 0.0927 e. The third kappa shape index (κ3) is 2.45. The molecule has 0 aliphatic carbocycles. The maximum Gasteiger partial charge on any atom is 0.0927 e. The van der Waals surface area contributed by atoms with E-state index in [1.165, 1.54) is 11.3 Å². The largest absolute Gasteiger partial charge is 0.387 e. The third-order valence-corrected chi connectivity index (χ3v) is 4.97. The SMILES string of the molecule is OC(c1cncs1)C1CCOC2(CCOCC2)C1. The van der Waals surface area contributed by atoms with Crippen LogP contribution in [0.5, 0.6) is 0 Å². The van der Waals surface area contributed by atoms with Crippen LogP contribution < -0.4 is 0 Å². The van der Waals surface area contributed by atoms with Gasteiger partial charge in [0.05, 0.1) is 22.1 Å². The molecule has 0 radical (unpaired) electrons. The molecule has 3 heterocycles. The first-order valence-corrected chi connectivity index (χ1v) is 7.45. The predicted molar refractivity (Wildman–Crippen MR) is 68.5 cm³/mol. The van der Waals surface area contributed by atoms with E-state index >= 15 is 0 Å². The summed E-state index contributed by atoms with van der Waals surface area (Å²) in [6.45, 7) is 2.31. The van der Waals surface area contributed by atoms with E-state index in [0.717, 1.165) is 50.4 Å². The van der Waals surface area contributed by atoms with Gasteiger partial charge in [-0.05, 0) is 31.6 Å². The van der Waals surface area contributed by atoms with Crippen molar-refractivity contribution in [2.75, 3.05) is 19.8 Å². The van der Waals surface area contributed by atoms with Crippen molar-refractivity contribution >= 4 is 11.3 Å². The number of aliphatic hydroxyl groups excluding tert-OH is 1. The van der Waals surface area contributed by atoms with Crippen molar-refractivity contribution in [2.45, 2.75) is 37.4 Å². The Bertz CT molecular complexity index is 370. The van der Waals surface area contributed by atoms with Crippen molar-refractivity contribution in [3.8, 4) is 0 Å². The molecular weight excluding hydrogens is 250 g/mol. The Morgan fingerprint density at radius 2 is 2.22 bits per heavy atom. The summed E-state index contributed by atoms with van der Waals surface area (Å²) in [5.74, 6) is 0.289. The molecule has 100 valence electrons. The molecule has 2 atom stereocenters. The Hall–Kier alpha value is -0.490. The minimum absolute atomic E-state index is 0.0488. The number of nitrogens with zero attached hydrogens (tertiary/aromatic N) is 1. The van der Waals surface area contributed by atoms with Gasteiger partial charge in [-0.3, -0.25) is 4.98 Å². The molecular formula is C13H19NO3S. The summed E-state index contributed by atoms with van der Waals surface area (Å²) in [7, 11) is 0. The van der Waals surface area contributed by atoms with Crippen LogP contribution in [0.2, 0.25) is 0 Å². The fourth-order valence-electron chi connectivity index (χ4n) is 3.03. The first-order valence-electron chi connectivity index (χ1n) is 6.57. The van der Waals surface area contributed by atoms with E-state index in [2.05, 4.69) is 4.98 Å². The van der Waals surface area contributed by atoms with Gasteiger partial charge in [0.2, 0.25) is 0 Å². The van der Waals surface area contributed by atoms with Gasteiger partial charge in [0.15, 0.2) is 0 Å². The third-order valence-electron chi connectivity index (χ3n) is 4.12. The zero-order valence-corrected chi connectivity index (χ0v) is 11.2.